The molecule has 0 aliphatic carbocycles. The average molecular weight is 729 g/mol. The first kappa shape index (κ1) is 36.5. The highest BCUT2D eigenvalue weighted by molar-refractivity contribution is 6.00. The van der Waals surface area contributed by atoms with Crippen LogP contribution in [0.15, 0.2) is 85.5 Å². The van der Waals surface area contributed by atoms with Gasteiger partial charge in [-0.25, -0.2) is 18.7 Å². The van der Waals surface area contributed by atoms with Crippen LogP contribution in [0.25, 0.3) is 22.3 Å². The summed E-state index contributed by atoms with van der Waals surface area (Å²) < 4.78 is 27.2. The van der Waals surface area contributed by atoms with Gasteiger partial charge in [0.2, 0.25) is 0 Å². The van der Waals surface area contributed by atoms with E-state index in [4.69, 9.17) is 9.97 Å². The van der Waals surface area contributed by atoms with Crippen molar-refractivity contribution in [1.29, 1.82) is 0 Å². The molecular weight excluding hydrogens is 687 g/mol. The molecule has 2 amide bonds. The van der Waals surface area contributed by atoms with E-state index < -0.39 is 17.5 Å². The molecule has 54 heavy (non-hydrogen) atoms. The summed E-state index contributed by atoms with van der Waals surface area (Å²) in [5.41, 5.74) is 8.57. The summed E-state index contributed by atoms with van der Waals surface area (Å²) in [7, 11) is 0. The molecule has 12 heteroatoms. The highest BCUT2D eigenvalue weighted by Crippen LogP contribution is 2.42. The van der Waals surface area contributed by atoms with Gasteiger partial charge < -0.3 is 15.6 Å². The number of nitrogens with zero attached hydrogens (tertiary/aromatic N) is 5. The first-order valence-corrected chi connectivity index (χ1v) is 18.2. The molecule has 5 heterocycles. The summed E-state index contributed by atoms with van der Waals surface area (Å²) in [6, 6.07) is 18.7. The van der Waals surface area contributed by atoms with E-state index in [1.165, 1.54) is 17.5 Å². The maximum Gasteiger partial charge on any atom is 0.267 e. The fourth-order valence-corrected chi connectivity index (χ4v) is 7.50. The van der Waals surface area contributed by atoms with E-state index in [2.05, 4.69) is 56.5 Å². The molecule has 1 saturated heterocycles. The summed E-state index contributed by atoms with van der Waals surface area (Å²) in [5.74, 6) is -2.44. The van der Waals surface area contributed by atoms with Gasteiger partial charge in [-0.3, -0.25) is 24.5 Å². The van der Waals surface area contributed by atoms with E-state index in [1.807, 2.05) is 49.6 Å². The van der Waals surface area contributed by atoms with Gasteiger partial charge in [0, 0.05) is 54.6 Å². The monoisotopic (exact) mass is 728 g/mol. The number of benzene rings is 2. The van der Waals surface area contributed by atoms with Crippen molar-refractivity contribution in [1.82, 2.24) is 40.5 Å². The Bertz CT molecular complexity index is 2250. The van der Waals surface area contributed by atoms with Crippen LogP contribution in [0.1, 0.15) is 92.3 Å². The number of piperidine rings is 1. The van der Waals surface area contributed by atoms with Crippen molar-refractivity contribution in [3.8, 4) is 11.3 Å². The van der Waals surface area contributed by atoms with E-state index in [9.17, 15) is 18.4 Å². The van der Waals surface area contributed by atoms with Gasteiger partial charge in [-0.2, -0.15) is 0 Å². The number of fused-ring (bicyclic) bond motifs is 1. The molecule has 4 aromatic heterocycles. The molecule has 3 N–H and O–H groups in total. The lowest BCUT2D eigenvalue weighted by Gasteiger charge is -2.42. The molecule has 6 aromatic rings. The molecule has 1 aliphatic heterocycles. The Morgan fingerprint density at radius 3 is 2.13 bits per heavy atom. The van der Waals surface area contributed by atoms with Gasteiger partial charge in [0.05, 0.1) is 29.2 Å². The molecule has 1 aliphatic rings. The Morgan fingerprint density at radius 1 is 0.796 bits per heavy atom. The van der Waals surface area contributed by atoms with E-state index in [0.29, 0.717) is 29.0 Å². The van der Waals surface area contributed by atoms with Crippen molar-refractivity contribution in [3.63, 3.8) is 0 Å². The molecular formula is C42H42F2N8O2. The van der Waals surface area contributed by atoms with Gasteiger partial charge in [-0.05, 0) is 105 Å². The zero-order chi connectivity index (χ0) is 37.8. The minimum absolute atomic E-state index is 0.0897. The second-order valence-electron chi connectivity index (χ2n) is 13.9. The fraction of sp³-hybridized carbons (Fsp3) is 0.286. The third-order valence-electron chi connectivity index (χ3n) is 10.2. The smallest absolute Gasteiger partial charge is 0.267 e. The highest BCUT2D eigenvalue weighted by atomic mass is 19.1. The van der Waals surface area contributed by atoms with Crippen LogP contribution in [-0.2, 0) is 6.54 Å². The van der Waals surface area contributed by atoms with Crippen molar-refractivity contribution in [3.05, 3.63) is 142 Å². The van der Waals surface area contributed by atoms with Crippen LogP contribution in [-0.4, -0.2) is 54.7 Å². The number of H-pyrrole nitrogens is 1. The molecule has 0 radical (unpaired) electrons. The van der Waals surface area contributed by atoms with E-state index in [-0.39, 0.29) is 30.1 Å². The second kappa shape index (κ2) is 16.0. The Morgan fingerprint density at radius 2 is 1.48 bits per heavy atom. The number of rotatable bonds is 11. The third kappa shape index (κ3) is 7.89. The van der Waals surface area contributed by atoms with Crippen LogP contribution in [0.3, 0.4) is 0 Å². The summed E-state index contributed by atoms with van der Waals surface area (Å²) in [4.78, 5) is 50.2. The average Bonchev–Trinajstić information content (AvgIpc) is 3.61. The lowest BCUT2D eigenvalue weighted by molar-refractivity contribution is 0.0740. The lowest BCUT2D eigenvalue weighted by Crippen LogP contribution is -2.39. The van der Waals surface area contributed by atoms with E-state index >= 15 is 0 Å². The first-order chi connectivity index (χ1) is 26.2. The number of carbonyl (C=O) groups is 2. The molecule has 0 spiro atoms. The van der Waals surface area contributed by atoms with Gasteiger partial charge in [-0.15, -0.1) is 0 Å². The number of hydrogen-bond acceptors (Lipinski definition) is 7. The largest absolute Gasteiger partial charge is 0.351 e. The molecule has 10 nitrogen and oxygen atoms in total. The Hall–Kier alpha value is -5.88. The van der Waals surface area contributed by atoms with Crippen molar-refractivity contribution in [2.24, 2.45) is 0 Å². The van der Waals surface area contributed by atoms with Crippen molar-refractivity contribution in [2.75, 3.05) is 13.1 Å². The fourth-order valence-electron chi connectivity index (χ4n) is 7.50. The summed E-state index contributed by atoms with van der Waals surface area (Å²) in [6.45, 7) is 7.57. The molecule has 276 valence electrons. The number of nitrogens with one attached hydrogen (secondary N) is 3. The summed E-state index contributed by atoms with van der Waals surface area (Å²) in [6.07, 6.45) is 9.05. The number of carbonyl (C=O) groups excluding carboxylic acids is 2. The van der Waals surface area contributed by atoms with Crippen molar-refractivity contribution >= 4 is 22.8 Å². The molecule has 0 saturated carbocycles. The molecule has 1 fully saturated rings. The first-order valence-electron chi connectivity index (χ1n) is 18.2. The minimum Gasteiger partial charge on any atom is -0.351 e. The number of amides is 2. The Labute approximate surface area is 312 Å². The number of aromatic nitrogens is 5. The van der Waals surface area contributed by atoms with Gasteiger partial charge in [0.25, 0.3) is 11.8 Å². The van der Waals surface area contributed by atoms with Crippen LogP contribution >= 0.6 is 0 Å². The normalized spacial score (nSPS) is 16.0. The van der Waals surface area contributed by atoms with Crippen molar-refractivity contribution < 1.29 is 18.4 Å². The summed E-state index contributed by atoms with van der Waals surface area (Å²) in [5, 5.41) is 6.52. The minimum atomic E-state index is -0.814. The predicted molar refractivity (Wildman–Crippen MR) is 203 cm³/mol. The standard InChI is InChI=1S/C42H42F2N8O2/c1-25-8-5-14-45-37(25)35-10-4-11-36(38-26(2)9-6-15-46-38)52(35)17-7-16-47-42(54)34-22-33-39(49-24-50-40(33)51-34)28-12-13-29(27(3)18-28)23-48-41(53)30-19-31(43)21-32(44)20-30/h5-6,8-9,12-15,18-22,24,35-36H,4,7,10-11,16-17,23H2,1-3H3,(H,47,54)(H,48,53)(H,49,50,51)/t35-,36+. The Balaban J connectivity index is 1.02. The maximum atomic E-state index is 13.6. The number of halogens is 2. The molecule has 2 aromatic carbocycles. The SMILES string of the molecule is Cc1cc(-c2ncnc3[nH]c(C(=O)NCCCN4[C@@H](c5ncccc5C)CCC[C@H]4c4ncccc4C)cc23)ccc1CNC(=O)c1cc(F)cc(F)c1. The molecule has 0 unspecified atom stereocenters. The topological polar surface area (TPSA) is 129 Å². The van der Waals surface area contributed by atoms with E-state index in [1.54, 1.807) is 6.07 Å². The van der Waals surface area contributed by atoms with Crippen LogP contribution in [0.2, 0.25) is 0 Å². The zero-order valence-electron chi connectivity index (χ0n) is 30.5. The summed E-state index contributed by atoms with van der Waals surface area (Å²) >= 11 is 0. The van der Waals surface area contributed by atoms with Gasteiger partial charge >= 0.3 is 0 Å². The number of likely N-dealkylation sites (tertiary alicyclic amines) is 1. The van der Waals surface area contributed by atoms with Crippen LogP contribution in [0, 0.1) is 32.4 Å². The molecule has 0 bridgehead atoms. The van der Waals surface area contributed by atoms with Crippen molar-refractivity contribution in [2.45, 2.75) is 65.1 Å². The second-order valence-corrected chi connectivity index (χ2v) is 13.9. The molecule has 2 atom stereocenters. The Kier molecular flexibility index (Phi) is 10.8. The van der Waals surface area contributed by atoms with Gasteiger partial charge in [0.15, 0.2) is 0 Å². The van der Waals surface area contributed by atoms with Gasteiger partial charge in [0.1, 0.15) is 29.3 Å². The highest BCUT2D eigenvalue weighted by Gasteiger charge is 2.35. The number of pyridine rings is 2. The van der Waals surface area contributed by atoms with Crippen LogP contribution < -0.4 is 10.6 Å². The zero-order valence-corrected chi connectivity index (χ0v) is 30.5. The number of hydrogen-bond donors (Lipinski definition) is 3. The van der Waals surface area contributed by atoms with E-state index in [0.717, 1.165) is 78.5 Å². The maximum absolute atomic E-state index is 13.6. The lowest BCUT2D eigenvalue weighted by atomic mass is 9.88. The third-order valence-corrected chi connectivity index (χ3v) is 10.2. The number of aryl methyl sites for hydroxylation is 3. The molecule has 7 rings (SSSR count). The number of aromatic amines is 1. The van der Waals surface area contributed by atoms with Crippen LogP contribution in [0.5, 0.6) is 0 Å². The quantitative estimate of drug-likeness (QED) is 0.117. The van der Waals surface area contributed by atoms with Crippen LogP contribution in [0.4, 0.5) is 8.78 Å². The predicted octanol–water partition coefficient (Wildman–Crippen LogP) is 7.64. The van der Waals surface area contributed by atoms with Gasteiger partial charge in [-0.1, -0.05) is 24.3 Å².